The molecule has 0 saturated carbocycles. The first-order chi connectivity index (χ1) is 13.9. The number of allylic oxidation sites excluding steroid dienone is 4. The molecule has 0 bridgehead atoms. The highest BCUT2D eigenvalue weighted by Gasteiger charge is 2.18. The van der Waals surface area contributed by atoms with E-state index in [-0.39, 0.29) is 9.71 Å². The molecule has 0 aliphatic carbocycles. The highest BCUT2D eigenvalue weighted by Crippen LogP contribution is 2.39. The fourth-order valence-electron chi connectivity index (χ4n) is 3.39. The maximum atomic E-state index is 11.8. The Hall–Kier alpha value is -2.14. The molecule has 0 aliphatic heterocycles. The van der Waals surface area contributed by atoms with Crippen molar-refractivity contribution in [3.05, 3.63) is 95.6 Å². The van der Waals surface area contributed by atoms with E-state index in [1.165, 1.54) is 16.7 Å². The number of rotatable bonds is 10. The first kappa shape index (κ1) is 23.1. The maximum absolute atomic E-state index is 11.8. The summed E-state index contributed by atoms with van der Waals surface area (Å²) in [6, 6.07) is 16.0. The summed E-state index contributed by atoms with van der Waals surface area (Å²) in [5.41, 5.74) is 6.31. The van der Waals surface area contributed by atoms with Crippen LogP contribution in [0, 0.1) is 0 Å². The Morgan fingerprint density at radius 3 is 2.45 bits per heavy atom. The maximum Gasteiger partial charge on any atom is 0.159 e. The lowest BCUT2D eigenvalue weighted by Gasteiger charge is -2.20. The zero-order valence-corrected chi connectivity index (χ0v) is 19.7. The number of Topliss-reactive ketones (excluding diaryl/α,β-unsaturated/α-hetero) is 1. The summed E-state index contributed by atoms with van der Waals surface area (Å²) in [7, 11) is 1.64. The van der Waals surface area contributed by atoms with E-state index in [4.69, 9.17) is 4.74 Å². The van der Waals surface area contributed by atoms with Crippen LogP contribution in [-0.2, 0) is 0 Å². The summed E-state index contributed by atoms with van der Waals surface area (Å²) in [4.78, 5) is 11.8. The molecule has 0 saturated heterocycles. The number of carbonyl (C=O) groups is 1. The lowest BCUT2D eigenvalue weighted by atomic mass is 9.90. The van der Waals surface area contributed by atoms with Crippen molar-refractivity contribution in [1.29, 1.82) is 0 Å². The van der Waals surface area contributed by atoms with E-state index in [2.05, 4.69) is 66.9 Å². The van der Waals surface area contributed by atoms with Crippen molar-refractivity contribution in [2.24, 2.45) is 0 Å². The Morgan fingerprint density at radius 1 is 1.21 bits per heavy atom. The first-order valence-electron chi connectivity index (χ1n) is 9.83. The molecule has 2 aromatic rings. The van der Waals surface area contributed by atoms with Crippen LogP contribution >= 0.6 is 22.6 Å². The van der Waals surface area contributed by atoms with Crippen LogP contribution in [0.15, 0.2) is 78.9 Å². The SMILES string of the molecule is C=C/C(CC(=C)c1cc(C(C)=O)ccc1OC)=C(/CCC)C(I)c1ccccc1. The van der Waals surface area contributed by atoms with Crippen LogP contribution in [-0.4, -0.2) is 12.9 Å². The Morgan fingerprint density at radius 2 is 1.90 bits per heavy atom. The van der Waals surface area contributed by atoms with Crippen LogP contribution in [0.5, 0.6) is 5.75 Å². The van der Waals surface area contributed by atoms with Gasteiger partial charge in [-0.15, -0.1) is 0 Å². The molecule has 0 N–H and O–H groups in total. The number of methoxy groups -OCH3 is 1. The molecule has 2 rings (SSSR count). The number of ether oxygens (including phenoxy) is 1. The number of ketones is 1. The van der Waals surface area contributed by atoms with Crippen molar-refractivity contribution in [2.75, 3.05) is 7.11 Å². The first-order valence-corrected chi connectivity index (χ1v) is 11.1. The number of benzene rings is 2. The van der Waals surface area contributed by atoms with Crippen molar-refractivity contribution in [2.45, 2.75) is 37.0 Å². The van der Waals surface area contributed by atoms with Crippen molar-refractivity contribution >= 4 is 33.9 Å². The molecule has 29 heavy (non-hydrogen) atoms. The molecule has 0 spiro atoms. The molecule has 0 aliphatic rings. The minimum absolute atomic E-state index is 0.0317. The number of alkyl halides is 1. The molecule has 0 radical (unpaired) electrons. The van der Waals surface area contributed by atoms with Crippen LogP contribution in [0.1, 0.15) is 58.5 Å². The van der Waals surface area contributed by atoms with Crippen molar-refractivity contribution in [3.8, 4) is 5.75 Å². The third-order valence-corrected chi connectivity index (χ3v) is 6.44. The van der Waals surface area contributed by atoms with Gasteiger partial charge in [-0.1, -0.05) is 85.5 Å². The Balaban J connectivity index is 2.44. The quantitative estimate of drug-likeness (QED) is 0.144. The van der Waals surface area contributed by atoms with Gasteiger partial charge < -0.3 is 4.74 Å². The summed E-state index contributed by atoms with van der Waals surface area (Å²) < 4.78 is 5.80. The number of halogens is 1. The third-order valence-electron chi connectivity index (χ3n) is 4.97. The Labute approximate surface area is 188 Å². The Bertz CT molecular complexity index is 910. The fourth-order valence-corrected chi connectivity index (χ4v) is 4.51. The number of hydrogen-bond acceptors (Lipinski definition) is 2. The summed E-state index contributed by atoms with van der Waals surface area (Å²) >= 11 is 2.52. The molecule has 2 nitrogen and oxygen atoms in total. The number of carbonyl (C=O) groups excluding carboxylic acids is 1. The summed E-state index contributed by atoms with van der Waals surface area (Å²) in [6.07, 6.45) is 4.69. The van der Waals surface area contributed by atoms with E-state index in [1.54, 1.807) is 20.1 Å². The largest absolute Gasteiger partial charge is 0.496 e. The van der Waals surface area contributed by atoms with Gasteiger partial charge in [0, 0.05) is 11.1 Å². The second-order valence-electron chi connectivity index (χ2n) is 7.03. The van der Waals surface area contributed by atoms with Gasteiger partial charge in [-0.3, -0.25) is 4.79 Å². The molecule has 2 aromatic carbocycles. The lowest BCUT2D eigenvalue weighted by molar-refractivity contribution is 0.101. The predicted molar refractivity (Wildman–Crippen MR) is 132 cm³/mol. The van der Waals surface area contributed by atoms with Gasteiger partial charge in [0.05, 0.1) is 11.0 Å². The van der Waals surface area contributed by atoms with Crippen LogP contribution in [0.3, 0.4) is 0 Å². The zero-order valence-electron chi connectivity index (χ0n) is 17.5. The van der Waals surface area contributed by atoms with Crippen LogP contribution in [0.25, 0.3) is 5.57 Å². The smallest absolute Gasteiger partial charge is 0.159 e. The van der Waals surface area contributed by atoms with Crippen LogP contribution < -0.4 is 4.74 Å². The molecule has 0 amide bonds. The van der Waals surface area contributed by atoms with Gasteiger partial charge in [0.2, 0.25) is 0 Å². The van der Waals surface area contributed by atoms with E-state index in [1.807, 2.05) is 24.3 Å². The van der Waals surface area contributed by atoms with Gasteiger partial charge in [0.25, 0.3) is 0 Å². The molecule has 0 fully saturated rings. The summed E-state index contributed by atoms with van der Waals surface area (Å²) in [5, 5.41) is 0. The molecule has 1 unspecified atom stereocenters. The molecule has 0 heterocycles. The normalized spacial score (nSPS) is 12.7. The van der Waals surface area contributed by atoms with Crippen LogP contribution in [0.2, 0.25) is 0 Å². The molecule has 1 atom stereocenters. The molecule has 3 heteroatoms. The average molecular weight is 500 g/mol. The second kappa shape index (κ2) is 11.1. The highest BCUT2D eigenvalue weighted by molar-refractivity contribution is 14.1. The monoisotopic (exact) mass is 500 g/mol. The highest BCUT2D eigenvalue weighted by atomic mass is 127. The predicted octanol–water partition coefficient (Wildman–Crippen LogP) is 7.76. The zero-order chi connectivity index (χ0) is 21.4. The van der Waals surface area contributed by atoms with E-state index in [0.29, 0.717) is 12.0 Å². The van der Waals surface area contributed by atoms with Crippen molar-refractivity contribution in [1.82, 2.24) is 0 Å². The summed E-state index contributed by atoms with van der Waals surface area (Å²) in [6.45, 7) is 12.2. The van der Waals surface area contributed by atoms with Gasteiger partial charge in [0.1, 0.15) is 5.75 Å². The fraction of sp³-hybridized carbons (Fsp3) is 0.269. The standard InChI is InChI=1S/C26H29IO2/c1-6-11-23(26(27)21-12-9-8-10-13-21)20(7-2)16-18(3)24-17-22(19(4)28)14-15-25(24)29-5/h7-10,12-15,17,26H,2-3,6,11,16H2,1,4-5H3/b23-20+. The average Bonchev–Trinajstić information content (AvgIpc) is 2.75. The minimum atomic E-state index is 0.0317. The molecule has 152 valence electrons. The Kier molecular flexibility index (Phi) is 8.90. The van der Waals surface area contributed by atoms with E-state index in [0.717, 1.165) is 29.7 Å². The number of hydrogen-bond donors (Lipinski definition) is 0. The topological polar surface area (TPSA) is 26.3 Å². The van der Waals surface area contributed by atoms with E-state index in [9.17, 15) is 4.79 Å². The second-order valence-corrected chi connectivity index (χ2v) is 8.28. The van der Waals surface area contributed by atoms with Gasteiger partial charge in [-0.05, 0) is 60.2 Å². The van der Waals surface area contributed by atoms with E-state index >= 15 is 0 Å². The van der Waals surface area contributed by atoms with Gasteiger partial charge in [0.15, 0.2) is 5.78 Å². The van der Waals surface area contributed by atoms with Gasteiger partial charge >= 0.3 is 0 Å². The third kappa shape index (κ3) is 5.92. The van der Waals surface area contributed by atoms with E-state index < -0.39 is 0 Å². The van der Waals surface area contributed by atoms with Gasteiger partial charge in [-0.25, -0.2) is 0 Å². The molecule has 0 aromatic heterocycles. The minimum Gasteiger partial charge on any atom is -0.496 e. The summed E-state index contributed by atoms with van der Waals surface area (Å²) in [5.74, 6) is 0.763. The lowest BCUT2D eigenvalue weighted by Crippen LogP contribution is -2.01. The van der Waals surface area contributed by atoms with Crippen molar-refractivity contribution < 1.29 is 9.53 Å². The van der Waals surface area contributed by atoms with Gasteiger partial charge in [-0.2, -0.15) is 0 Å². The molecular weight excluding hydrogens is 471 g/mol. The van der Waals surface area contributed by atoms with Crippen molar-refractivity contribution in [3.63, 3.8) is 0 Å². The van der Waals surface area contributed by atoms with Crippen LogP contribution in [0.4, 0.5) is 0 Å². The molecular formula is C26H29IO2.